The van der Waals surface area contributed by atoms with Gasteiger partial charge < -0.3 is 5.32 Å². The van der Waals surface area contributed by atoms with Crippen LogP contribution >= 0.6 is 0 Å². The van der Waals surface area contributed by atoms with Crippen molar-refractivity contribution >= 4 is 17.1 Å². The monoisotopic (exact) mass is 298 g/mol. The Balaban J connectivity index is 1.81. The first-order valence-electron chi connectivity index (χ1n) is 7.94. The minimum atomic E-state index is 0.221. The highest BCUT2D eigenvalue weighted by atomic mass is 15.0. The molecule has 1 heterocycles. The van der Waals surface area contributed by atoms with Crippen LogP contribution in [0.3, 0.4) is 0 Å². The van der Waals surface area contributed by atoms with Crippen LogP contribution in [0.5, 0.6) is 0 Å². The number of nitrogens with one attached hydrogen (secondary N) is 1. The number of hydrogen-bond donors (Lipinski definition) is 1. The molecular formula is C21H18N2. The van der Waals surface area contributed by atoms with Gasteiger partial charge in [0.05, 0.1) is 23.1 Å². The lowest BCUT2D eigenvalue weighted by Crippen LogP contribution is -2.14. The minimum absolute atomic E-state index is 0.221. The van der Waals surface area contributed by atoms with Crippen molar-refractivity contribution in [2.24, 2.45) is 4.99 Å². The van der Waals surface area contributed by atoms with Gasteiger partial charge in [-0.15, -0.1) is 0 Å². The lowest BCUT2D eigenvalue weighted by atomic mass is 9.97. The molecule has 0 spiro atoms. The van der Waals surface area contributed by atoms with Gasteiger partial charge in [0.15, 0.2) is 0 Å². The molecule has 0 unspecified atom stereocenters. The number of para-hydroxylation sites is 2. The molecule has 0 aromatic heterocycles. The number of hydrogen-bond acceptors (Lipinski definition) is 2. The summed E-state index contributed by atoms with van der Waals surface area (Å²) in [5.41, 5.74) is 5.69. The fourth-order valence-electron chi connectivity index (χ4n) is 3.02. The Morgan fingerprint density at radius 3 is 2.17 bits per heavy atom. The van der Waals surface area contributed by atoms with Crippen molar-refractivity contribution in [3.05, 3.63) is 96.1 Å². The molecule has 1 aliphatic heterocycles. The number of aliphatic imine (C=N–C) groups is 1. The number of fused-ring (bicyclic) bond motifs is 1. The number of benzene rings is 3. The highest BCUT2D eigenvalue weighted by Crippen LogP contribution is 2.35. The molecule has 2 nitrogen and oxygen atoms in total. The van der Waals surface area contributed by atoms with Gasteiger partial charge in [-0.05, 0) is 23.3 Å². The fourth-order valence-corrected chi connectivity index (χ4v) is 3.02. The van der Waals surface area contributed by atoms with Crippen molar-refractivity contribution in [3.63, 3.8) is 0 Å². The van der Waals surface area contributed by atoms with Crippen molar-refractivity contribution in [1.29, 1.82) is 0 Å². The molecule has 0 fully saturated rings. The normalized spacial score (nSPS) is 16.7. The largest absolute Gasteiger partial charge is 0.376 e. The second-order valence-corrected chi connectivity index (χ2v) is 5.75. The maximum Gasteiger partial charge on any atom is 0.0864 e. The predicted molar refractivity (Wildman–Crippen MR) is 96.5 cm³/mol. The maximum absolute atomic E-state index is 4.94. The van der Waals surface area contributed by atoms with Gasteiger partial charge in [-0.2, -0.15) is 0 Å². The molecule has 0 aliphatic carbocycles. The molecule has 2 heteroatoms. The van der Waals surface area contributed by atoms with E-state index in [1.807, 2.05) is 12.1 Å². The number of rotatable bonds is 2. The first-order valence-corrected chi connectivity index (χ1v) is 7.94. The molecule has 3 aromatic rings. The Labute approximate surface area is 136 Å². The second-order valence-electron chi connectivity index (χ2n) is 5.75. The number of anilines is 1. The van der Waals surface area contributed by atoms with E-state index in [1.54, 1.807) is 0 Å². The van der Waals surface area contributed by atoms with E-state index in [0.29, 0.717) is 0 Å². The summed E-state index contributed by atoms with van der Waals surface area (Å²) in [5.74, 6) is 0. The van der Waals surface area contributed by atoms with E-state index in [1.165, 1.54) is 11.1 Å². The molecule has 0 amide bonds. The van der Waals surface area contributed by atoms with Crippen LogP contribution in [0.2, 0.25) is 0 Å². The van der Waals surface area contributed by atoms with Gasteiger partial charge >= 0.3 is 0 Å². The van der Waals surface area contributed by atoms with Gasteiger partial charge in [-0.1, -0.05) is 72.8 Å². The summed E-state index contributed by atoms with van der Waals surface area (Å²) >= 11 is 0. The zero-order chi connectivity index (χ0) is 15.5. The Hall–Kier alpha value is -2.87. The summed E-state index contributed by atoms with van der Waals surface area (Å²) in [4.78, 5) is 4.94. The molecule has 0 saturated carbocycles. The van der Waals surface area contributed by atoms with Crippen LogP contribution in [0.4, 0.5) is 11.4 Å². The van der Waals surface area contributed by atoms with Crippen LogP contribution in [0.15, 0.2) is 89.9 Å². The van der Waals surface area contributed by atoms with E-state index in [-0.39, 0.29) is 6.04 Å². The van der Waals surface area contributed by atoms with Crippen LogP contribution in [-0.4, -0.2) is 5.71 Å². The van der Waals surface area contributed by atoms with Gasteiger partial charge in [0.1, 0.15) is 0 Å². The quantitative estimate of drug-likeness (QED) is 0.676. The molecule has 1 atom stereocenters. The molecule has 23 heavy (non-hydrogen) atoms. The Morgan fingerprint density at radius 2 is 1.39 bits per heavy atom. The molecule has 0 bridgehead atoms. The van der Waals surface area contributed by atoms with Crippen molar-refractivity contribution < 1.29 is 0 Å². The Bertz CT molecular complexity index is 823. The molecular weight excluding hydrogens is 280 g/mol. The van der Waals surface area contributed by atoms with E-state index >= 15 is 0 Å². The van der Waals surface area contributed by atoms with E-state index in [4.69, 9.17) is 4.99 Å². The average Bonchev–Trinajstić information content (AvgIpc) is 2.83. The molecule has 4 rings (SSSR count). The molecule has 0 saturated heterocycles. The lowest BCUT2D eigenvalue weighted by Gasteiger charge is -2.19. The van der Waals surface area contributed by atoms with Gasteiger partial charge in [-0.25, -0.2) is 0 Å². The fraction of sp³-hybridized carbons (Fsp3) is 0.0952. The summed E-state index contributed by atoms with van der Waals surface area (Å²) in [7, 11) is 0. The third kappa shape index (κ3) is 2.88. The predicted octanol–water partition coefficient (Wildman–Crippen LogP) is 5.36. The van der Waals surface area contributed by atoms with Gasteiger partial charge in [0, 0.05) is 6.42 Å². The van der Waals surface area contributed by atoms with Crippen molar-refractivity contribution in [3.8, 4) is 0 Å². The molecule has 0 radical (unpaired) electrons. The van der Waals surface area contributed by atoms with Crippen LogP contribution in [0.25, 0.3) is 0 Å². The van der Waals surface area contributed by atoms with E-state index in [2.05, 4.69) is 78.1 Å². The zero-order valence-corrected chi connectivity index (χ0v) is 12.8. The third-order valence-electron chi connectivity index (χ3n) is 4.20. The first-order chi connectivity index (χ1) is 11.4. The first kappa shape index (κ1) is 13.8. The average molecular weight is 298 g/mol. The molecule has 112 valence electrons. The van der Waals surface area contributed by atoms with Crippen molar-refractivity contribution in [2.45, 2.75) is 12.5 Å². The van der Waals surface area contributed by atoms with Gasteiger partial charge in [0.2, 0.25) is 0 Å². The van der Waals surface area contributed by atoms with E-state index in [0.717, 1.165) is 23.5 Å². The minimum Gasteiger partial charge on any atom is -0.376 e. The van der Waals surface area contributed by atoms with Crippen LogP contribution in [0.1, 0.15) is 23.6 Å². The smallest absolute Gasteiger partial charge is 0.0864 e. The van der Waals surface area contributed by atoms with Crippen LogP contribution < -0.4 is 5.32 Å². The van der Waals surface area contributed by atoms with Crippen molar-refractivity contribution in [2.75, 3.05) is 5.32 Å². The van der Waals surface area contributed by atoms with Gasteiger partial charge in [-0.3, -0.25) is 4.99 Å². The van der Waals surface area contributed by atoms with Crippen LogP contribution in [0, 0.1) is 0 Å². The standard InChI is InChI=1S/C21H18N2/c1-3-9-16(10-4-1)20-15-21(17-11-5-2-6-12-17)23-19-14-8-7-13-18(19)22-20/h1-14,20,22H,15H2/t20-/m1/s1. The molecule has 3 aromatic carbocycles. The van der Waals surface area contributed by atoms with Crippen LogP contribution in [-0.2, 0) is 0 Å². The SMILES string of the molecule is c1ccc(C2=Nc3ccccc3N[C@@H](c3ccccc3)C2)cc1. The summed E-state index contributed by atoms with van der Waals surface area (Å²) in [6.45, 7) is 0. The topological polar surface area (TPSA) is 24.4 Å². The summed E-state index contributed by atoms with van der Waals surface area (Å²) in [6.07, 6.45) is 0.864. The summed E-state index contributed by atoms with van der Waals surface area (Å²) < 4.78 is 0. The Kier molecular flexibility index (Phi) is 3.65. The summed E-state index contributed by atoms with van der Waals surface area (Å²) in [6, 6.07) is 29.5. The Morgan fingerprint density at radius 1 is 0.739 bits per heavy atom. The highest BCUT2D eigenvalue weighted by molar-refractivity contribution is 6.04. The molecule has 1 aliphatic rings. The maximum atomic E-state index is 4.94. The van der Waals surface area contributed by atoms with Gasteiger partial charge in [0.25, 0.3) is 0 Å². The second kappa shape index (κ2) is 6.09. The van der Waals surface area contributed by atoms with E-state index in [9.17, 15) is 0 Å². The third-order valence-corrected chi connectivity index (χ3v) is 4.20. The zero-order valence-electron chi connectivity index (χ0n) is 12.8. The van der Waals surface area contributed by atoms with Crippen molar-refractivity contribution in [1.82, 2.24) is 0 Å². The number of nitrogens with zero attached hydrogens (tertiary/aromatic N) is 1. The van der Waals surface area contributed by atoms with E-state index < -0.39 is 0 Å². The lowest BCUT2D eigenvalue weighted by molar-refractivity contribution is 0.828. The summed E-state index contributed by atoms with van der Waals surface area (Å²) in [5, 5.41) is 3.66. The molecule has 1 N–H and O–H groups in total. The highest BCUT2D eigenvalue weighted by Gasteiger charge is 2.20.